The zero-order chi connectivity index (χ0) is 10.0. The van der Waals surface area contributed by atoms with Crippen molar-refractivity contribution >= 4 is 37.5 Å². The number of rotatable bonds is 2. The fourth-order valence-electron chi connectivity index (χ4n) is 1.30. The highest BCUT2D eigenvalue weighted by atomic mass is 79.9. The quantitative estimate of drug-likeness (QED) is 0.644. The Kier molecular flexibility index (Phi) is 3.80. The van der Waals surface area contributed by atoms with E-state index in [1.807, 2.05) is 18.2 Å². The molecule has 2 atom stereocenters. The molecule has 0 amide bonds. The molecule has 0 aliphatic heterocycles. The molecule has 1 nitrogen and oxygen atoms in total. The lowest BCUT2D eigenvalue weighted by Gasteiger charge is -2.13. The number of anilines is 1. The Bertz CT molecular complexity index is 269. The van der Waals surface area contributed by atoms with Crippen molar-refractivity contribution in [2.24, 2.45) is 0 Å². The van der Waals surface area contributed by atoms with Gasteiger partial charge in [0.2, 0.25) is 0 Å². The number of para-hydroxylation sites is 1. The summed E-state index contributed by atoms with van der Waals surface area (Å²) in [5.41, 5.74) is 9.22. The van der Waals surface area contributed by atoms with E-state index >= 15 is 0 Å². The monoisotopic (exact) mass is 305 g/mol. The van der Waals surface area contributed by atoms with Crippen molar-refractivity contribution in [1.29, 1.82) is 0 Å². The van der Waals surface area contributed by atoms with Crippen LogP contribution in [0.4, 0.5) is 5.69 Å². The second-order valence-electron chi connectivity index (χ2n) is 3.08. The van der Waals surface area contributed by atoms with Crippen molar-refractivity contribution in [3.8, 4) is 0 Å². The first kappa shape index (κ1) is 11.1. The molecule has 0 radical (unpaired) electrons. The van der Waals surface area contributed by atoms with Gasteiger partial charge in [0.25, 0.3) is 0 Å². The van der Waals surface area contributed by atoms with Crippen molar-refractivity contribution in [3.63, 3.8) is 0 Å². The molecule has 0 aliphatic carbocycles. The maximum absolute atomic E-state index is 6.03. The second-order valence-corrected chi connectivity index (χ2v) is 5.83. The summed E-state index contributed by atoms with van der Waals surface area (Å²) >= 11 is 7.04. The van der Waals surface area contributed by atoms with Gasteiger partial charge in [0.05, 0.1) is 0 Å². The van der Waals surface area contributed by atoms with Gasteiger partial charge in [0, 0.05) is 15.3 Å². The minimum absolute atomic E-state index is 0.304. The zero-order valence-corrected chi connectivity index (χ0v) is 10.9. The Labute approximate surface area is 96.0 Å². The van der Waals surface area contributed by atoms with E-state index in [0.717, 1.165) is 16.8 Å². The highest BCUT2D eigenvalue weighted by Gasteiger charge is 2.11. The topological polar surface area (TPSA) is 26.0 Å². The smallest absolute Gasteiger partial charge is 0.0401 e. The minimum atomic E-state index is 0.304. The summed E-state index contributed by atoms with van der Waals surface area (Å²) < 4.78 is 0. The fraction of sp³-hybridized carbons (Fsp3) is 0.400. The number of nitrogens with two attached hydrogens (primary N) is 1. The molecule has 2 unspecified atom stereocenters. The van der Waals surface area contributed by atoms with Gasteiger partial charge in [-0.05, 0) is 25.0 Å². The van der Waals surface area contributed by atoms with Gasteiger partial charge < -0.3 is 5.73 Å². The first-order valence-corrected chi connectivity index (χ1v) is 6.03. The zero-order valence-electron chi connectivity index (χ0n) is 7.72. The standard InChI is InChI=1S/C10H13Br2N/c1-6(11)8-4-3-5-9(7(2)12)10(8)13/h3-7H,13H2,1-2H3. The Balaban J connectivity index is 3.18. The number of benzene rings is 1. The van der Waals surface area contributed by atoms with Crippen LogP contribution in [0.1, 0.15) is 34.6 Å². The molecule has 0 aromatic heterocycles. The molecule has 0 aliphatic rings. The van der Waals surface area contributed by atoms with Crippen LogP contribution in [-0.2, 0) is 0 Å². The third-order valence-corrected chi connectivity index (χ3v) is 3.02. The molecule has 1 rings (SSSR count). The minimum Gasteiger partial charge on any atom is -0.398 e. The molecule has 0 saturated heterocycles. The maximum Gasteiger partial charge on any atom is 0.0401 e. The van der Waals surface area contributed by atoms with Crippen molar-refractivity contribution in [3.05, 3.63) is 29.3 Å². The highest BCUT2D eigenvalue weighted by Crippen LogP contribution is 2.34. The summed E-state index contributed by atoms with van der Waals surface area (Å²) in [6.45, 7) is 4.16. The largest absolute Gasteiger partial charge is 0.398 e. The van der Waals surface area contributed by atoms with E-state index in [1.54, 1.807) is 0 Å². The van der Waals surface area contributed by atoms with Crippen LogP contribution in [0.25, 0.3) is 0 Å². The molecule has 1 aromatic carbocycles. The molecule has 0 bridgehead atoms. The Morgan fingerprint density at radius 1 is 1.08 bits per heavy atom. The number of halogens is 2. The highest BCUT2D eigenvalue weighted by molar-refractivity contribution is 9.09. The SMILES string of the molecule is CC(Br)c1cccc(C(C)Br)c1N. The van der Waals surface area contributed by atoms with Crippen LogP contribution in [-0.4, -0.2) is 0 Å². The Morgan fingerprint density at radius 2 is 1.46 bits per heavy atom. The van der Waals surface area contributed by atoms with Crippen molar-refractivity contribution in [2.45, 2.75) is 23.5 Å². The van der Waals surface area contributed by atoms with Gasteiger partial charge in [-0.25, -0.2) is 0 Å². The molecule has 13 heavy (non-hydrogen) atoms. The number of nitrogen functional groups attached to an aromatic ring is 1. The lowest BCUT2D eigenvalue weighted by atomic mass is 10.0. The number of hydrogen-bond acceptors (Lipinski definition) is 1. The van der Waals surface area contributed by atoms with Crippen molar-refractivity contribution in [2.75, 3.05) is 5.73 Å². The maximum atomic E-state index is 6.03. The molecule has 3 heteroatoms. The van der Waals surface area contributed by atoms with Crippen LogP contribution in [0, 0.1) is 0 Å². The van der Waals surface area contributed by atoms with Gasteiger partial charge >= 0.3 is 0 Å². The Morgan fingerprint density at radius 3 is 1.77 bits per heavy atom. The van der Waals surface area contributed by atoms with E-state index in [4.69, 9.17) is 5.73 Å². The molecule has 72 valence electrons. The summed E-state index contributed by atoms with van der Waals surface area (Å²) in [5, 5.41) is 0. The summed E-state index contributed by atoms with van der Waals surface area (Å²) in [5.74, 6) is 0. The van der Waals surface area contributed by atoms with Crippen LogP contribution >= 0.6 is 31.9 Å². The van der Waals surface area contributed by atoms with E-state index in [-0.39, 0.29) is 0 Å². The van der Waals surface area contributed by atoms with Crippen LogP contribution in [0.2, 0.25) is 0 Å². The normalized spacial score (nSPS) is 15.4. The van der Waals surface area contributed by atoms with Gasteiger partial charge in [-0.15, -0.1) is 0 Å². The molecule has 1 aromatic rings. The molecular weight excluding hydrogens is 294 g/mol. The van der Waals surface area contributed by atoms with E-state index < -0.39 is 0 Å². The van der Waals surface area contributed by atoms with E-state index in [1.165, 1.54) is 0 Å². The van der Waals surface area contributed by atoms with E-state index in [0.29, 0.717) is 9.65 Å². The van der Waals surface area contributed by atoms with Crippen LogP contribution in [0.15, 0.2) is 18.2 Å². The van der Waals surface area contributed by atoms with E-state index in [9.17, 15) is 0 Å². The lowest BCUT2D eigenvalue weighted by molar-refractivity contribution is 1.08. The van der Waals surface area contributed by atoms with Crippen LogP contribution in [0.3, 0.4) is 0 Å². The van der Waals surface area contributed by atoms with Gasteiger partial charge in [-0.2, -0.15) is 0 Å². The van der Waals surface area contributed by atoms with Crippen LogP contribution < -0.4 is 5.73 Å². The van der Waals surface area contributed by atoms with Gasteiger partial charge in [0.1, 0.15) is 0 Å². The number of hydrogen-bond donors (Lipinski definition) is 1. The summed E-state index contributed by atoms with van der Waals surface area (Å²) in [6, 6.07) is 6.14. The lowest BCUT2D eigenvalue weighted by Crippen LogP contribution is -2.00. The number of alkyl halides is 2. The molecule has 0 spiro atoms. The third-order valence-electron chi connectivity index (χ3n) is 2.03. The third kappa shape index (κ3) is 2.47. The predicted molar refractivity (Wildman–Crippen MR) is 65.5 cm³/mol. The molecule has 0 saturated carbocycles. The first-order valence-electron chi connectivity index (χ1n) is 4.20. The molecule has 2 N–H and O–H groups in total. The van der Waals surface area contributed by atoms with Gasteiger partial charge in [-0.3, -0.25) is 0 Å². The summed E-state index contributed by atoms with van der Waals surface area (Å²) in [4.78, 5) is 0.609. The second kappa shape index (κ2) is 4.47. The molecule has 0 fully saturated rings. The predicted octanol–water partition coefficient (Wildman–Crippen LogP) is 4.18. The summed E-state index contributed by atoms with van der Waals surface area (Å²) in [7, 11) is 0. The molecular formula is C10H13Br2N. The van der Waals surface area contributed by atoms with E-state index in [2.05, 4.69) is 45.7 Å². The summed E-state index contributed by atoms with van der Waals surface area (Å²) in [6.07, 6.45) is 0. The Hall–Kier alpha value is -0.0200. The van der Waals surface area contributed by atoms with Crippen molar-refractivity contribution in [1.82, 2.24) is 0 Å². The first-order chi connectivity index (χ1) is 6.04. The average Bonchev–Trinajstić information content (AvgIpc) is 2.03. The molecule has 0 heterocycles. The average molecular weight is 307 g/mol. The van der Waals surface area contributed by atoms with Crippen molar-refractivity contribution < 1.29 is 0 Å². The van der Waals surface area contributed by atoms with Gasteiger partial charge in [0.15, 0.2) is 0 Å². The van der Waals surface area contributed by atoms with Crippen LogP contribution in [0.5, 0.6) is 0 Å². The fourth-order valence-corrected chi connectivity index (χ4v) is 2.09. The van der Waals surface area contributed by atoms with Gasteiger partial charge in [-0.1, -0.05) is 50.1 Å².